The zero-order valence-electron chi connectivity index (χ0n) is 16.3. The maximum atomic E-state index is 12.8. The van der Waals surface area contributed by atoms with Gasteiger partial charge in [-0.3, -0.25) is 20.3 Å². The summed E-state index contributed by atoms with van der Waals surface area (Å²) < 4.78 is 10.8. The smallest absolute Gasteiger partial charge is 0.269 e. The fraction of sp³-hybridized carbons (Fsp3) is 0.350. The Kier molecular flexibility index (Phi) is 6.63. The minimum absolute atomic E-state index is 0.0188. The Morgan fingerprint density at radius 2 is 2.00 bits per heavy atom. The van der Waals surface area contributed by atoms with Crippen LogP contribution >= 0.6 is 0 Å². The summed E-state index contributed by atoms with van der Waals surface area (Å²) in [6.07, 6.45) is 0. The molecule has 154 valence electrons. The lowest BCUT2D eigenvalue weighted by Gasteiger charge is -2.18. The van der Waals surface area contributed by atoms with Gasteiger partial charge in [0, 0.05) is 25.2 Å². The molecule has 9 heteroatoms. The van der Waals surface area contributed by atoms with Crippen molar-refractivity contribution in [3.63, 3.8) is 0 Å². The second kappa shape index (κ2) is 9.35. The first-order valence-corrected chi connectivity index (χ1v) is 9.33. The number of amides is 1. The van der Waals surface area contributed by atoms with E-state index in [0.29, 0.717) is 31.2 Å². The molecule has 29 heavy (non-hydrogen) atoms. The monoisotopic (exact) mass is 400 g/mol. The zero-order valence-corrected chi connectivity index (χ0v) is 16.3. The Morgan fingerprint density at radius 3 is 2.66 bits per heavy atom. The molecule has 3 N–H and O–H groups in total. The van der Waals surface area contributed by atoms with Gasteiger partial charge in [-0.1, -0.05) is 18.2 Å². The highest BCUT2D eigenvalue weighted by molar-refractivity contribution is 5.80. The molecular formula is C20H24N4O5. The number of ether oxygens (including phenoxy) is 2. The summed E-state index contributed by atoms with van der Waals surface area (Å²) in [5, 5.41) is 13.8. The van der Waals surface area contributed by atoms with E-state index in [9.17, 15) is 14.9 Å². The minimum atomic E-state index is -0.445. The maximum Gasteiger partial charge on any atom is 0.269 e. The molecule has 0 aliphatic carbocycles. The summed E-state index contributed by atoms with van der Waals surface area (Å²) in [5.41, 5.74) is 7.80. The summed E-state index contributed by atoms with van der Waals surface area (Å²) in [6.45, 7) is 3.22. The molecule has 2 aromatic rings. The van der Waals surface area contributed by atoms with Crippen LogP contribution in [0.3, 0.4) is 0 Å². The van der Waals surface area contributed by atoms with E-state index in [1.807, 2.05) is 25.1 Å². The second-order valence-corrected chi connectivity index (χ2v) is 6.59. The third-order valence-electron chi connectivity index (χ3n) is 4.78. The first kappa shape index (κ1) is 20.6. The standard InChI is InChI=1S/C20H24N4O5/c1-3-29-18-10-13(4-9-17(18)28-2)11-21-20(25)16-12-22-23-19(16)14-5-7-15(8-6-14)24(26)27/h4-10,16,19,22-23H,3,11-12H2,1-2H3,(H,21,25). The molecule has 0 radical (unpaired) electrons. The van der Waals surface area contributed by atoms with E-state index in [1.165, 1.54) is 12.1 Å². The van der Waals surface area contributed by atoms with Gasteiger partial charge in [0.05, 0.1) is 30.6 Å². The van der Waals surface area contributed by atoms with E-state index in [2.05, 4.69) is 16.2 Å². The number of non-ortho nitro benzene ring substituents is 1. The number of hydrogen-bond acceptors (Lipinski definition) is 7. The third kappa shape index (κ3) is 4.82. The largest absolute Gasteiger partial charge is 0.493 e. The molecule has 2 aromatic carbocycles. The lowest BCUT2D eigenvalue weighted by molar-refractivity contribution is -0.384. The number of nitrogens with zero attached hydrogens (tertiary/aromatic N) is 1. The number of carbonyl (C=O) groups excluding carboxylic acids is 1. The number of methoxy groups -OCH3 is 1. The van der Waals surface area contributed by atoms with Gasteiger partial charge in [0.15, 0.2) is 11.5 Å². The molecule has 0 spiro atoms. The SMILES string of the molecule is CCOc1cc(CNC(=O)C2CNNC2c2ccc([N+](=O)[O-])cc2)ccc1OC. The molecule has 0 bridgehead atoms. The van der Waals surface area contributed by atoms with Crippen LogP contribution in [0.25, 0.3) is 0 Å². The Labute approximate surface area is 168 Å². The van der Waals surface area contributed by atoms with E-state index in [0.717, 1.165) is 11.1 Å². The van der Waals surface area contributed by atoms with Crippen LogP contribution in [0, 0.1) is 16.0 Å². The molecule has 2 unspecified atom stereocenters. The van der Waals surface area contributed by atoms with E-state index >= 15 is 0 Å². The average Bonchev–Trinajstić information content (AvgIpc) is 3.22. The lowest BCUT2D eigenvalue weighted by Crippen LogP contribution is -2.34. The quantitative estimate of drug-likeness (QED) is 0.459. The van der Waals surface area contributed by atoms with Crippen molar-refractivity contribution < 1.29 is 19.2 Å². The summed E-state index contributed by atoms with van der Waals surface area (Å²) in [6, 6.07) is 11.5. The van der Waals surface area contributed by atoms with Crippen LogP contribution < -0.4 is 25.6 Å². The number of benzene rings is 2. The van der Waals surface area contributed by atoms with Gasteiger partial charge in [-0.15, -0.1) is 0 Å². The number of carbonyl (C=O) groups is 1. The van der Waals surface area contributed by atoms with Crippen molar-refractivity contribution in [2.75, 3.05) is 20.3 Å². The lowest BCUT2D eigenvalue weighted by atomic mass is 9.94. The number of nitro groups is 1. The van der Waals surface area contributed by atoms with Crippen molar-refractivity contribution in [2.24, 2.45) is 5.92 Å². The molecule has 9 nitrogen and oxygen atoms in total. The summed E-state index contributed by atoms with van der Waals surface area (Å²) in [7, 11) is 1.58. The molecule has 2 atom stereocenters. The predicted octanol–water partition coefficient (Wildman–Crippen LogP) is 2.08. The zero-order chi connectivity index (χ0) is 20.8. The van der Waals surface area contributed by atoms with Gasteiger partial charge in [-0.25, -0.2) is 5.43 Å². The van der Waals surface area contributed by atoms with Gasteiger partial charge in [0.1, 0.15) is 0 Å². The number of rotatable bonds is 8. The molecule has 1 saturated heterocycles. The van der Waals surface area contributed by atoms with Crippen LogP contribution in [0.4, 0.5) is 5.69 Å². The molecule has 1 heterocycles. The van der Waals surface area contributed by atoms with Gasteiger partial charge in [-0.05, 0) is 30.2 Å². The third-order valence-corrected chi connectivity index (χ3v) is 4.78. The van der Waals surface area contributed by atoms with Crippen molar-refractivity contribution in [3.8, 4) is 11.5 Å². The van der Waals surface area contributed by atoms with Crippen molar-refractivity contribution in [2.45, 2.75) is 19.5 Å². The Bertz CT molecular complexity index is 872. The number of nitro benzene ring substituents is 1. The van der Waals surface area contributed by atoms with E-state index in [-0.39, 0.29) is 23.6 Å². The number of hydrogen-bond donors (Lipinski definition) is 3. The van der Waals surface area contributed by atoms with Crippen LogP contribution in [0.2, 0.25) is 0 Å². The fourth-order valence-corrected chi connectivity index (χ4v) is 3.28. The normalized spacial score (nSPS) is 18.3. The van der Waals surface area contributed by atoms with Crippen LogP contribution in [-0.2, 0) is 11.3 Å². The first-order chi connectivity index (χ1) is 14.0. The molecule has 0 aromatic heterocycles. The van der Waals surface area contributed by atoms with Gasteiger partial charge in [0.25, 0.3) is 5.69 Å². The average molecular weight is 400 g/mol. The second-order valence-electron chi connectivity index (χ2n) is 6.59. The summed E-state index contributed by atoms with van der Waals surface area (Å²) in [4.78, 5) is 23.1. The van der Waals surface area contributed by atoms with Crippen molar-refractivity contribution in [3.05, 3.63) is 63.7 Å². The van der Waals surface area contributed by atoms with E-state index < -0.39 is 4.92 Å². The van der Waals surface area contributed by atoms with Crippen molar-refractivity contribution in [1.82, 2.24) is 16.2 Å². The topological polar surface area (TPSA) is 115 Å². The molecule has 0 saturated carbocycles. The first-order valence-electron chi connectivity index (χ1n) is 9.33. The Morgan fingerprint density at radius 1 is 1.24 bits per heavy atom. The highest BCUT2D eigenvalue weighted by Gasteiger charge is 2.34. The predicted molar refractivity (Wildman–Crippen MR) is 106 cm³/mol. The summed E-state index contributed by atoms with van der Waals surface area (Å²) in [5.74, 6) is 0.819. The highest BCUT2D eigenvalue weighted by atomic mass is 16.6. The van der Waals surface area contributed by atoms with E-state index in [1.54, 1.807) is 19.2 Å². The molecule has 1 amide bonds. The molecule has 1 aliphatic heterocycles. The molecule has 3 rings (SSSR count). The maximum absolute atomic E-state index is 12.8. The van der Waals surface area contributed by atoms with Crippen molar-refractivity contribution >= 4 is 11.6 Å². The van der Waals surface area contributed by atoms with Crippen LogP contribution in [0.5, 0.6) is 11.5 Å². The highest BCUT2D eigenvalue weighted by Crippen LogP contribution is 2.29. The van der Waals surface area contributed by atoms with Gasteiger partial charge in [0.2, 0.25) is 5.91 Å². The summed E-state index contributed by atoms with van der Waals surface area (Å²) >= 11 is 0. The van der Waals surface area contributed by atoms with Crippen LogP contribution in [0.1, 0.15) is 24.1 Å². The molecule has 1 fully saturated rings. The fourth-order valence-electron chi connectivity index (χ4n) is 3.28. The van der Waals surface area contributed by atoms with Gasteiger partial charge >= 0.3 is 0 Å². The molecule has 1 aliphatic rings. The number of hydrazine groups is 1. The Hall–Kier alpha value is -3.17. The number of nitrogens with one attached hydrogen (secondary N) is 3. The van der Waals surface area contributed by atoms with Gasteiger partial charge in [-0.2, -0.15) is 0 Å². The minimum Gasteiger partial charge on any atom is -0.493 e. The molecular weight excluding hydrogens is 376 g/mol. The van der Waals surface area contributed by atoms with Crippen LogP contribution in [0.15, 0.2) is 42.5 Å². The van der Waals surface area contributed by atoms with E-state index in [4.69, 9.17) is 9.47 Å². The van der Waals surface area contributed by atoms with Gasteiger partial charge < -0.3 is 14.8 Å². The van der Waals surface area contributed by atoms with Crippen molar-refractivity contribution in [1.29, 1.82) is 0 Å². The van der Waals surface area contributed by atoms with Crippen LogP contribution in [-0.4, -0.2) is 31.1 Å². The Balaban J connectivity index is 1.65.